The van der Waals surface area contributed by atoms with Crippen LogP contribution in [-0.2, 0) is 16.0 Å². The van der Waals surface area contributed by atoms with Crippen LogP contribution in [-0.4, -0.2) is 53.3 Å². The zero-order valence-corrected chi connectivity index (χ0v) is 17.4. The molecule has 1 aromatic heterocycles. The van der Waals surface area contributed by atoms with Crippen LogP contribution >= 0.6 is 0 Å². The summed E-state index contributed by atoms with van der Waals surface area (Å²) in [6.07, 6.45) is 2.53. The number of nitrogens with zero attached hydrogens (tertiary/aromatic N) is 3. The summed E-state index contributed by atoms with van der Waals surface area (Å²) in [6.45, 7) is 7.93. The third-order valence-electron chi connectivity index (χ3n) is 5.14. The molecule has 2 aromatic rings. The van der Waals surface area contributed by atoms with E-state index in [4.69, 9.17) is 10.1 Å². The largest absolute Gasteiger partial charge is 0.383 e. The lowest BCUT2D eigenvalue weighted by molar-refractivity contribution is -0.114. The van der Waals surface area contributed by atoms with Gasteiger partial charge in [0.25, 0.3) is 0 Å². The maximum absolute atomic E-state index is 11.5. The lowest BCUT2D eigenvalue weighted by Gasteiger charge is -2.35. The molecular formula is C21H28N6O2. The Morgan fingerprint density at radius 1 is 1.38 bits per heavy atom. The van der Waals surface area contributed by atoms with Gasteiger partial charge in [0.05, 0.1) is 12.2 Å². The second kappa shape index (κ2) is 9.11. The highest BCUT2D eigenvalue weighted by molar-refractivity contribution is 6.03. The van der Waals surface area contributed by atoms with Gasteiger partial charge in [-0.1, -0.05) is 6.07 Å². The summed E-state index contributed by atoms with van der Waals surface area (Å²) in [5.74, 6) is 0.477. The van der Waals surface area contributed by atoms with E-state index in [-0.39, 0.29) is 5.91 Å². The summed E-state index contributed by atoms with van der Waals surface area (Å²) >= 11 is 0. The summed E-state index contributed by atoms with van der Waals surface area (Å²) in [7, 11) is 1.73. The molecule has 154 valence electrons. The van der Waals surface area contributed by atoms with Crippen molar-refractivity contribution < 1.29 is 9.53 Å². The number of amides is 1. The Kier molecular flexibility index (Phi) is 6.56. The molecule has 3 rings (SSSR count). The molecule has 8 nitrogen and oxygen atoms in total. The van der Waals surface area contributed by atoms with Gasteiger partial charge in [-0.25, -0.2) is 4.98 Å². The van der Waals surface area contributed by atoms with Gasteiger partial charge in [0, 0.05) is 50.8 Å². The first-order valence-corrected chi connectivity index (χ1v) is 9.72. The van der Waals surface area contributed by atoms with E-state index in [0.29, 0.717) is 29.1 Å². The van der Waals surface area contributed by atoms with Crippen molar-refractivity contribution in [1.82, 2.24) is 14.9 Å². The monoisotopic (exact) mass is 396 g/mol. The van der Waals surface area contributed by atoms with Crippen LogP contribution in [0.5, 0.6) is 0 Å². The van der Waals surface area contributed by atoms with E-state index >= 15 is 0 Å². The molecule has 1 aliphatic heterocycles. The van der Waals surface area contributed by atoms with E-state index in [2.05, 4.69) is 44.6 Å². The zero-order chi connectivity index (χ0) is 21.0. The van der Waals surface area contributed by atoms with Gasteiger partial charge in [-0.15, -0.1) is 0 Å². The number of ether oxygens (including phenoxy) is 1. The van der Waals surface area contributed by atoms with Crippen LogP contribution in [0.3, 0.4) is 0 Å². The summed E-state index contributed by atoms with van der Waals surface area (Å²) < 4.78 is 5.22. The molecule has 29 heavy (non-hydrogen) atoms. The number of benzene rings is 1. The molecule has 0 radical (unpaired) electrons. The van der Waals surface area contributed by atoms with Crippen LogP contribution in [0.15, 0.2) is 24.4 Å². The third kappa shape index (κ3) is 4.96. The Hall–Kier alpha value is -2.84. The van der Waals surface area contributed by atoms with Gasteiger partial charge in [-0.3, -0.25) is 9.69 Å². The van der Waals surface area contributed by atoms with Crippen molar-refractivity contribution >= 4 is 29.1 Å². The van der Waals surface area contributed by atoms with Crippen LogP contribution in [0, 0.1) is 5.41 Å². The molecule has 0 saturated heterocycles. The van der Waals surface area contributed by atoms with Crippen LogP contribution < -0.4 is 10.6 Å². The number of fused-ring (bicyclic) bond motifs is 1. The van der Waals surface area contributed by atoms with Gasteiger partial charge >= 0.3 is 0 Å². The molecule has 0 saturated carbocycles. The normalized spacial score (nSPS) is 16.2. The highest BCUT2D eigenvalue weighted by Crippen LogP contribution is 2.31. The van der Waals surface area contributed by atoms with E-state index in [1.54, 1.807) is 20.2 Å². The summed E-state index contributed by atoms with van der Waals surface area (Å²) in [4.78, 5) is 22.6. The quantitative estimate of drug-likeness (QED) is 0.621. The van der Waals surface area contributed by atoms with Crippen molar-refractivity contribution in [1.29, 1.82) is 5.41 Å². The molecule has 2 heterocycles. The van der Waals surface area contributed by atoms with Crippen molar-refractivity contribution in [2.75, 3.05) is 37.4 Å². The first kappa shape index (κ1) is 20.9. The summed E-state index contributed by atoms with van der Waals surface area (Å²) in [5.41, 5.74) is 4.33. The Morgan fingerprint density at radius 2 is 2.17 bits per heavy atom. The predicted octanol–water partition coefficient (Wildman–Crippen LogP) is 3.13. The average molecular weight is 396 g/mol. The van der Waals surface area contributed by atoms with Gasteiger partial charge < -0.3 is 20.8 Å². The predicted molar refractivity (Wildman–Crippen MR) is 114 cm³/mol. The lowest BCUT2D eigenvalue weighted by Crippen LogP contribution is -2.36. The maximum atomic E-state index is 11.5. The smallest absolute Gasteiger partial charge is 0.229 e. The highest BCUT2D eigenvalue weighted by Gasteiger charge is 2.23. The van der Waals surface area contributed by atoms with Crippen molar-refractivity contribution in [2.45, 2.75) is 33.2 Å². The first-order valence-electron chi connectivity index (χ1n) is 9.72. The molecule has 1 unspecified atom stereocenters. The molecule has 0 fully saturated rings. The fourth-order valence-electron chi connectivity index (χ4n) is 3.58. The highest BCUT2D eigenvalue weighted by atomic mass is 16.5. The number of rotatable bonds is 7. The third-order valence-corrected chi connectivity index (χ3v) is 5.14. The van der Waals surface area contributed by atoms with Gasteiger partial charge in [0.2, 0.25) is 11.9 Å². The minimum Gasteiger partial charge on any atom is -0.383 e. The van der Waals surface area contributed by atoms with E-state index in [1.807, 2.05) is 6.07 Å². The van der Waals surface area contributed by atoms with Crippen molar-refractivity contribution in [3.05, 3.63) is 41.1 Å². The molecular weight excluding hydrogens is 368 g/mol. The molecule has 3 N–H and O–H groups in total. The number of carbonyl (C=O) groups excluding carboxylic acids is 1. The number of aromatic nitrogens is 2. The molecule has 0 aliphatic carbocycles. The minimum absolute atomic E-state index is 0.238. The second-order valence-electron chi connectivity index (χ2n) is 7.26. The van der Waals surface area contributed by atoms with E-state index in [0.717, 1.165) is 31.8 Å². The van der Waals surface area contributed by atoms with Crippen molar-refractivity contribution in [2.24, 2.45) is 0 Å². The number of hydrogen-bond acceptors (Lipinski definition) is 7. The van der Waals surface area contributed by atoms with Gasteiger partial charge in [0.15, 0.2) is 0 Å². The molecule has 1 aromatic carbocycles. The Morgan fingerprint density at radius 3 is 2.86 bits per heavy atom. The average Bonchev–Trinajstić information content (AvgIpc) is 2.67. The van der Waals surface area contributed by atoms with Gasteiger partial charge in [0.1, 0.15) is 5.82 Å². The van der Waals surface area contributed by atoms with E-state index in [1.165, 1.54) is 18.1 Å². The van der Waals surface area contributed by atoms with Crippen LogP contribution in [0.4, 0.5) is 17.5 Å². The maximum Gasteiger partial charge on any atom is 0.229 e. The minimum atomic E-state index is -0.238. The molecule has 1 amide bonds. The number of methoxy groups -OCH3 is 1. The molecule has 1 atom stereocenters. The summed E-state index contributed by atoms with van der Waals surface area (Å²) in [6, 6.07) is 6.65. The van der Waals surface area contributed by atoms with Crippen LogP contribution in [0.1, 0.15) is 43.5 Å². The summed E-state index contributed by atoms with van der Waals surface area (Å²) in [5, 5.41) is 13.7. The molecule has 0 spiro atoms. The SMILES string of the molecule is COCCN1CCc2cc(Nc3ncc(C(C)=N)c(NC(C)=O)n3)ccc2C1C. The number of carbonyl (C=O) groups is 1. The van der Waals surface area contributed by atoms with Gasteiger partial charge in [-0.2, -0.15) is 4.98 Å². The number of hydrogen-bond donors (Lipinski definition) is 3. The lowest BCUT2D eigenvalue weighted by atomic mass is 9.93. The van der Waals surface area contributed by atoms with Crippen LogP contribution in [0.2, 0.25) is 0 Å². The molecule has 8 heteroatoms. The Bertz CT molecular complexity index is 914. The fraction of sp³-hybridized carbons (Fsp3) is 0.429. The number of anilines is 3. The van der Waals surface area contributed by atoms with E-state index < -0.39 is 0 Å². The van der Waals surface area contributed by atoms with Gasteiger partial charge in [-0.05, 0) is 43.5 Å². The second-order valence-corrected chi connectivity index (χ2v) is 7.26. The first-order chi connectivity index (χ1) is 13.9. The fourth-order valence-corrected chi connectivity index (χ4v) is 3.58. The topological polar surface area (TPSA) is 103 Å². The Balaban J connectivity index is 1.80. The van der Waals surface area contributed by atoms with E-state index in [9.17, 15) is 4.79 Å². The van der Waals surface area contributed by atoms with Crippen LogP contribution in [0.25, 0.3) is 0 Å². The molecule has 0 bridgehead atoms. The molecule has 1 aliphatic rings. The van der Waals surface area contributed by atoms with Crippen molar-refractivity contribution in [3.8, 4) is 0 Å². The number of nitrogens with one attached hydrogen (secondary N) is 3. The zero-order valence-electron chi connectivity index (χ0n) is 17.4. The standard InChI is InChI=1S/C21H28N6O2/c1-13(22)19-12-23-21(26-20(19)24-15(3)28)25-17-5-6-18-14(2)27(9-10-29-4)8-7-16(18)11-17/h5-6,11-12,14,22H,7-10H2,1-4H3,(H2,23,24,25,26,28). The van der Waals surface area contributed by atoms with Crippen molar-refractivity contribution in [3.63, 3.8) is 0 Å². The Labute approximate surface area is 171 Å².